The van der Waals surface area contributed by atoms with Crippen molar-refractivity contribution in [3.63, 3.8) is 0 Å². The maximum absolute atomic E-state index is 13.2. The van der Waals surface area contributed by atoms with Gasteiger partial charge in [-0.15, -0.1) is 4.91 Å². The number of amides is 1. The van der Waals surface area contributed by atoms with Gasteiger partial charge in [0.05, 0.1) is 23.1 Å². The standard InChI is InChI=1S/C32H31F3N4O3S/c1-31(2,39-41)23-9-6-8-21(18-23)22-14-15-28(42-3)29(19-22)43-38-25-11-7-10-24(20-25)36-16-17-37-30(40)26-12-4-5-13-27(26)32(33,34)35/h4-15,18-20,36,38H,16-17H2,1-3H3,(H,37,40). The van der Waals surface area contributed by atoms with Gasteiger partial charge in [-0.1, -0.05) is 47.6 Å². The molecule has 0 fully saturated rings. The Hall–Kier alpha value is -4.51. The molecule has 0 bridgehead atoms. The van der Waals surface area contributed by atoms with Gasteiger partial charge in [0.2, 0.25) is 0 Å². The molecule has 0 radical (unpaired) electrons. The monoisotopic (exact) mass is 608 g/mol. The van der Waals surface area contributed by atoms with Crippen LogP contribution in [-0.2, 0) is 11.7 Å². The Balaban J connectivity index is 1.37. The fourth-order valence-corrected chi connectivity index (χ4v) is 5.07. The van der Waals surface area contributed by atoms with Crippen molar-refractivity contribution in [3.8, 4) is 16.9 Å². The molecule has 0 saturated heterocycles. The zero-order valence-corrected chi connectivity index (χ0v) is 24.6. The number of benzene rings is 4. The van der Waals surface area contributed by atoms with Crippen LogP contribution in [0.15, 0.2) is 101 Å². The Morgan fingerprint density at radius 1 is 0.860 bits per heavy atom. The summed E-state index contributed by atoms with van der Waals surface area (Å²) in [5, 5.41) is 8.95. The van der Waals surface area contributed by atoms with Gasteiger partial charge in [-0.2, -0.15) is 13.2 Å². The lowest BCUT2D eigenvalue weighted by atomic mass is 9.92. The van der Waals surface area contributed by atoms with Crippen LogP contribution < -0.4 is 20.1 Å². The third kappa shape index (κ3) is 8.07. The molecule has 4 aromatic carbocycles. The van der Waals surface area contributed by atoms with E-state index in [1.54, 1.807) is 21.0 Å². The summed E-state index contributed by atoms with van der Waals surface area (Å²) < 4.78 is 48.5. The molecule has 4 aromatic rings. The number of carbonyl (C=O) groups is 1. The predicted octanol–water partition coefficient (Wildman–Crippen LogP) is 8.34. The van der Waals surface area contributed by atoms with E-state index in [2.05, 4.69) is 20.5 Å². The molecule has 0 aliphatic heterocycles. The number of carbonyl (C=O) groups excluding carboxylic acids is 1. The van der Waals surface area contributed by atoms with E-state index in [1.807, 2.05) is 66.7 Å². The first-order chi connectivity index (χ1) is 20.5. The lowest BCUT2D eigenvalue weighted by Crippen LogP contribution is -2.30. The first-order valence-electron chi connectivity index (χ1n) is 13.4. The first-order valence-corrected chi connectivity index (χ1v) is 14.2. The molecular weight excluding hydrogens is 577 g/mol. The highest BCUT2D eigenvalue weighted by Gasteiger charge is 2.34. The lowest BCUT2D eigenvalue weighted by Gasteiger charge is -2.17. The molecule has 1 amide bonds. The van der Waals surface area contributed by atoms with Gasteiger partial charge >= 0.3 is 6.18 Å². The van der Waals surface area contributed by atoms with Crippen molar-refractivity contribution in [1.82, 2.24) is 5.32 Å². The van der Waals surface area contributed by atoms with Crippen molar-refractivity contribution in [2.24, 2.45) is 5.18 Å². The second-order valence-corrected chi connectivity index (χ2v) is 11.0. The Morgan fingerprint density at radius 3 is 2.33 bits per heavy atom. The number of halogens is 3. The quantitative estimate of drug-likeness (QED) is 0.0851. The lowest BCUT2D eigenvalue weighted by molar-refractivity contribution is -0.137. The van der Waals surface area contributed by atoms with Crippen molar-refractivity contribution < 1.29 is 22.7 Å². The van der Waals surface area contributed by atoms with Crippen LogP contribution in [0.4, 0.5) is 24.5 Å². The fraction of sp³-hybridized carbons (Fsp3) is 0.219. The van der Waals surface area contributed by atoms with E-state index in [0.717, 1.165) is 45.1 Å². The zero-order valence-electron chi connectivity index (χ0n) is 23.8. The topological polar surface area (TPSA) is 91.8 Å². The molecule has 0 saturated carbocycles. The van der Waals surface area contributed by atoms with Crippen LogP contribution in [0.5, 0.6) is 5.75 Å². The molecule has 224 valence electrons. The minimum atomic E-state index is -4.61. The Labute approximate surface area is 252 Å². The fourth-order valence-electron chi connectivity index (χ4n) is 4.28. The number of hydrogen-bond donors (Lipinski definition) is 3. The largest absolute Gasteiger partial charge is 0.496 e. The van der Waals surface area contributed by atoms with Crippen LogP contribution in [0.1, 0.15) is 35.3 Å². The summed E-state index contributed by atoms with van der Waals surface area (Å²) in [6.45, 7) is 3.98. The molecule has 3 N–H and O–H groups in total. The molecule has 11 heteroatoms. The molecular formula is C32H31F3N4O3S. The van der Waals surface area contributed by atoms with E-state index in [4.69, 9.17) is 4.74 Å². The van der Waals surface area contributed by atoms with Crippen molar-refractivity contribution in [1.29, 1.82) is 0 Å². The number of nitroso groups, excluding NO2 is 1. The average molecular weight is 609 g/mol. The average Bonchev–Trinajstić information content (AvgIpc) is 3.01. The summed E-state index contributed by atoms with van der Waals surface area (Å²) in [5.74, 6) is -0.0991. The maximum Gasteiger partial charge on any atom is 0.417 e. The Kier molecular flexibility index (Phi) is 9.97. The second kappa shape index (κ2) is 13.6. The van der Waals surface area contributed by atoms with Gasteiger partial charge in [0.15, 0.2) is 0 Å². The van der Waals surface area contributed by atoms with Crippen molar-refractivity contribution in [2.75, 3.05) is 30.2 Å². The van der Waals surface area contributed by atoms with Gasteiger partial charge in [0.1, 0.15) is 11.3 Å². The van der Waals surface area contributed by atoms with Crippen molar-refractivity contribution in [2.45, 2.75) is 30.5 Å². The number of nitrogens with zero attached hydrogens (tertiary/aromatic N) is 1. The molecule has 43 heavy (non-hydrogen) atoms. The highest BCUT2D eigenvalue weighted by Crippen LogP contribution is 2.36. The third-order valence-corrected chi connectivity index (χ3v) is 7.53. The predicted molar refractivity (Wildman–Crippen MR) is 165 cm³/mol. The molecule has 0 unspecified atom stereocenters. The SMILES string of the molecule is COc1ccc(-c2cccc(C(C)(C)N=O)c2)cc1SNc1cccc(NCCNC(=O)c2ccccc2C(F)(F)F)c1. The van der Waals surface area contributed by atoms with E-state index in [0.29, 0.717) is 12.3 Å². The number of ether oxygens (including phenoxy) is 1. The minimum absolute atomic E-state index is 0.128. The summed E-state index contributed by atoms with van der Waals surface area (Å²) in [6, 6.07) is 25.7. The Morgan fingerprint density at radius 2 is 1.58 bits per heavy atom. The molecule has 0 atom stereocenters. The number of nitrogens with one attached hydrogen (secondary N) is 3. The number of rotatable bonds is 12. The van der Waals surface area contributed by atoms with Gasteiger partial charge in [0.25, 0.3) is 5.91 Å². The van der Waals surface area contributed by atoms with E-state index in [1.165, 1.54) is 24.1 Å². The van der Waals surface area contributed by atoms with Crippen LogP contribution in [0, 0.1) is 4.91 Å². The zero-order chi connectivity index (χ0) is 31.0. The third-order valence-electron chi connectivity index (χ3n) is 6.65. The smallest absolute Gasteiger partial charge is 0.417 e. The van der Waals surface area contributed by atoms with Crippen LogP contribution in [-0.4, -0.2) is 26.1 Å². The number of hydrogen-bond acceptors (Lipinski definition) is 7. The maximum atomic E-state index is 13.2. The van der Waals surface area contributed by atoms with E-state index >= 15 is 0 Å². The molecule has 0 aliphatic rings. The van der Waals surface area contributed by atoms with Gasteiger partial charge in [-0.25, -0.2) is 0 Å². The van der Waals surface area contributed by atoms with Crippen LogP contribution in [0.3, 0.4) is 0 Å². The van der Waals surface area contributed by atoms with E-state index < -0.39 is 28.7 Å². The highest BCUT2D eigenvalue weighted by atomic mass is 32.2. The number of alkyl halides is 3. The van der Waals surface area contributed by atoms with E-state index in [9.17, 15) is 22.9 Å². The van der Waals surface area contributed by atoms with Crippen molar-refractivity contribution in [3.05, 3.63) is 113 Å². The highest BCUT2D eigenvalue weighted by molar-refractivity contribution is 8.00. The summed E-state index contributed by atoms with van der Waals surface area (Å²) in [7, 11) is 1.60. The first kappa shape index (κ1) is 31.4. The number of anilines is 2. The second-order valence-electron chi connectivity index (χ2n) is 10.1. The number of methoxy groups -OCH3 is 1. The van der Waals surface area contributed by atoms with Crippen LogP contribution >= 0.6 is 11.9 Å². The molecule has 0 aromatic heterocycles. The van der Waals surface area contributed by atoms with Crippen LogP contribution in [0.25, 0.3) is 11.1 Å². The van der Waals surface area contributed by atoms with Gasteiger partial charge in [-0.05, 0) is 91.0 Å². The normalized spacial score (nSPS) is 11.5. The molecule has 0 heterocycles. The molecule has 0 spiro atoms. The van der Waals surface area contributed by atoms with E-state index in [-0.39, 0.29) is 6.54 Å². The van der Waals surface area contributed by atoms with Crippen molar-refractivity contribution >= 4 is 29.2 Å². The van der Waals surface area contributed by atoms with Gasteiger partial charge in [-0.3, -0.25) is 4.79 Å². The van der Waals surface area contributed by atoms with Gasteiger partial charge < -0.3 is 20.1 Å². The Bertz CT molecular complexity index is 1590. The molecule has 4 rings (SSSR count). The summed E-state index contributed by atoms with van der Waals surface area (Å²) in [5.41, 5.74) is 2.05. The van der Waals surface area contributed by atoms with Crippen LogP contribution in [0.2, 0.25) is 0 Å². The molecule has 0 aliphatic carbocycles. The summed E-state index contributed by atoms with van der Waals surface area (Å²) in [6.07, 6.45) is -4.61. The summed E-state index contributed by atoms with van der Waals surface area (Å²) >= 11 is 1.37. The van der Waals surface area contributed by atoms with Gasteiger partial charge in [0, 0.05) is 24.5 Å². The molecule has 7 nitrogen and oxygen atoms in total. The minimum Gasteiger partial charge on any atom is -0.496 e. The summed E-state index contributed by atoms with van der Waals surface area (Å²) in [4.78, 5) is 24.5.